The molecule has 0 heterocycles. The standard InChI is InChI=1S/C23H24N2O3S/c1-2-18-8-14-22(15-9-18)29(27,28)25-17-16-24-23(26)21-12-10-20(11-13-21)19-6-4-3-5-7-19/h3-15,25H,2,16-17H2,1H3,(H,24,26). The summed E-state index contributed by atoms with van der Waals surface area (Å²) in [6, 6.07) is 24.0. The van der Waals surface area contributed by atoms with Crippen LogP contribution in [0.1, 0.15) is 22.8 Å². The summed E-state index contributed by atoms with van der Waals surface area (Å²) in [5, 5.41) is 2.73. The summed E-state index contributed by atoms with van der Waals surface area (Å²) < 4.78 is 27.1. The molecule has 0 radical (unpaired) electrons. The molecule has 3 rings (SSSR count). The van der Waals surface area contributed by atoms with Crippen LogP contribution in [0, 0.1) is 0 Å². The van der Waals surface area contributed by atoms with Gasteiger partial charge in [-0.3, -0.25) is 4.79 Å². The molecule has 0 fully saturated rings. The van der Waals surface area contributed by atoms with E-state index in [0.29, 0.717) is 5.56 Å². The zero-order chi connectivity index (χ0) is 20.7. The average Bonchev–Trinajstić information content (AvgIpc) is 2.77. The van der Waals surface area contributed by atoms with Crippen molar-refractivity contribution < 1.29 is 13.2 Å². The molecule has 150 valence electrons. The largest absolute Gasteiger partial charge is 0.351 e. The third-order valence-electron chi connectivity index (χ3n) is 4.60. The molecule has 29 heavy (non-hydrogen) atoms. The molecule has 0 aliphatic rings. The fourth-order valence-electron chi connectivity index (χ4n) is 2.90. The second-order valence-electron chi connectivity index (χ2n) is 6.59. The molecule has 0 unspecified atom stereocenters. The molecule has 3 aromatic carbocycles. The van der Waals surface area contributed by atoms with E-state index in [-0.39, 0.29) is 23.9 Å². The van der Waals surface area contributed by atoms with Crippen LogP contribution in [-0.2, 0) is 16.4 Å². The van der Waals surface area contributed by atoms with Crippen LogP contribution in [0.25, 0.3) is 11.1 Å². The Hall–Kier alpha value is -2.96. The highest BCUT2D eigenvalue weighted by atomic mass is 32.2. The van der Waals surface area contributed by atoms with Gasteiger partial charge in [0, 0.05) is 18.7 Å². The number of aryl methyl sites for hydroxylation is 1. The van der Waals surface area contributed by atoms with Gasteiger partial charge < -0.3 is 5.32 Å². The van der Waals surface area contributed by atoms with Crippen molar-refractivity contribution in [3.05, 3.63) is 90.0 Å². The van der Waals surface area contributed by atoms with E-state index < -0.39 is 10.0 Å². The van der Waals surface area contributed by atoms with Gasteiger partial charge in [-0.1, -0.05) is 61.5 Å². The van der Waals surface area contributed by atoms with Crippen LogP contribution >= 0.6 is 0 Å². The number of benzene rings is 3. The monoisotopic (exact) mass is 408 g/mol. The number of nitrogens with one attached hydrogen (secondary N) is 2. The Kier molecular flexibility index (Phi) is 6.80. The maximum absolute atomic E-state index is 12.3. The number of amides is 1. The molecule has 0 atom stereocenters. The molecule has 0 aliphatic carbocycles. The molecule has 5 nitrogen and oxygen atoms in total. The molecule has 1 amide bonds. The van der Waals surface area contributed by atoms with Crippen molar-refractivity contribution in [1.82, 2.24) is 10.0 Å². The highest BCUT2D eigenvalue weighted by Gasteiger charge is 2.13. The quantitative estimate of drug-likeness (QED) is 0.559. The van der Waals surface area contributed by atoms with Crippen LogP contribution in [0.2, 0.25) is 0 Å². The van der Waals surface area contributed by atoms with Crippen LogP contribution in [0.5, 0.6) is 0 Å². The number of rotatable bonds is 8. The first-order chi connectivity index (χ1) is 14.0. The first-order valence-corrected chi connectivity index (χ1v) is 11.0. The van der Waals surface area contributed by atoms with E-state index in [1.54, 1.807) is 36.4 Å². The van der Waals surface area contributed by atoms with Gasteiger partial charge in [-0.2, -0.15) is 0 Å². The van der Waals surface area contributed by atoms with Gasteiger partial charge in [0.25, 0.3) is 5.91 Å². The molecule has 3 aromatic rings. The maximum Gasteiger partial charge on any atom is 0.251 e. The summed E-state index contributed by atoms with van der Waals surface area (Å²) in [7, 11) is -3.59. The summed E-state index contributed by atoms with van der Waals surface area (Å²) in [6.07, 6.45) is 0.853. The molecular weight excluding hydrogens is 384 g/mol. The minimum Gasteiger partial charge on any atom is -0.351 e. The molecule has 0 saturated carbocycles. The smallest absolute Gasteiger partial charge is 0.251 e. The number of hydrogen-bond acceptors (Lipinski definition) is 3. The molecule has 0 aromatic heterocycles. The first-order valence-electron chi connectivity index (χ1n) is 9.52. The van der Waals surface area contributed by atoms with Gasteiger partial charge in [-0.25, -0.2) is 13.1 Å². The Balaban J connectivity index is 1.50. The van der Waals surface area contributed by atoms with Crippen LogP contribution in [0.15, 0.2) is 83.8 Å². The summed E-state index contributed by atoms with van der Waals surface area (Å²) in [6.45, 7) is 2.33. The minimum atomic E-state index is -3.59. The summed E-state index contributed by atoms with van der Waals surface area (Å²) >= 11 is 0. The Morgan fingerprint density at radius 1 is 0.793 bits per heavy atom. The molecule has 0 spiro atoms. The van der Waals surface area contributed by atoms with Crippen molar-refractivity contribution in [2.24, 2.45) is 0 Å². The predicted molar refractivity (Wildman–Crippen MR) is 115 cm³/mol. The second kappa shape index (κ2) is 9.49. The van der Waals surface area contributed by atoms with Gasteiger partial charge in [0.15, 0.2) is 0 Å². The normalized spacial score (nSPS) is 11.2. The van der Waals surface area contributed by atoms with Crippen molar-refractivity contribution in [3.8, 4) is 11.1 Å². The van der Waals surface area contributed by atoms with Gasteiger partial charge in [0.2, 0.25) is 10.0 Å². The lowest BCUT2D eigenvalue weighted by Crippen LogP contribution is -2.34. The molecule has 2 N–H and O–H groups in total. The summed E-state index contributed by atoms with van der Waals surface area (Å²) in [5.74, 6) is -0.240. The molecule has 6 heteroatoms. The van der Waals surface area contributed by atoms with Crippen molar-refractivity contribution in [2.75, 3.05) is 13.1 Å². The lowest BCUT2D eigenvalue weighted by molar-refractivity contribution is 0.0954. The van der Waals surface area contributed by atoms with Gasteiger partial charge in [-0.05, 0) is 47.4 Å². The third kappa shape index (κ3) is 5.53. The van der Waals surface area contributed by atoms with E-state index in [4.69, 9.17) is 0 Å². The van der Waals surface area contributed by atoms with Gasteiger partial charge >= 0.3 is 0 Å². The number of carbonyl (C=O) groups excluding carboxylic acids is 1. The van der Waals surface area contributed by atoms with E-state index in [1.807, 2.05) is 49.4 Å². The summed E-state index contributed by atoms with van der Waals surface area (Å²) in [5.41, 5.74) is 3.72. The Morgan fingerprint density at radius 3 is 2.03 bits per heavy atom. The molecule has 0 bridgehead atoms. The fourth-order valence-corrected chi connectivity index (χ4v) is 3.93. The number of sulfonamides is 1. The van der Waals surface area contributed by atoms with Crippen molar-refractivity contribution in [3.63, 3.8) is 0 Å². The van der Waals surface area contributed by atoms with Crippen molar-refractivity contribution >= 4 is 15.9 Å². The Bertz CT molecular complexity index is 1050. The predicted octanol–water partition coefficient (Wildman–Crippen LogP) is 3.62. The highest BCUT2D eigenvalue weighted by molar-refractivity contribution is 7.89. The van der Waals surface area contributed by atoms with Crippen LogP contribution < -0.4 is 10.0 Å². The van der Waals surface area contributed by atoms with Crippen LogP contribution in [-0.4, -0.2) is 27.4 Å². The Morgan fingerprint density at radius 2 is 1.41 bits per heavy atom. The molecule has 0 saturated heterocycles. The minimum absolute atomic E-state index is 0.117. The van der Waals surface area contributed by atoms with E-state index >= 15 is 0 Å². The van der Waals surface area contributed by atoms with Crippen molar-refractivity contribution in [1.29, 1.82) is 0 Å². The molecular formula is C23H24N2O3S. The fraction of sp³-hybridized carbons (Fsp3) is 0.174. The van der Waals surface area contributed by atoms with E-state index in [1.165, 1.54) is 0 Å². The third-order valence-corrected chi connectivity index (χ3v) is 6.08. The van der Waals surface area contributed by atoms with Gasteiger partial charge in [-0.15, -0.1) is 0 Å². The maximum atomic E-state index is 12.3. The van der Waals surface area contributed by atoms with Gasteiger partial charge in [0.1, 0.15) is 0 Å². The van der Waals surface area contributed by atoms with Crippen LogP contribution in [0.4, 0.5) is 0 Å². The Labute approximate surface area is 171 Å². The zero-order valence-electron chi connectivity index (χ0n) is 16.3. The van der Waals surface area contributed by atoms with Crippen LogP contribution in [0.3, 0.4) is 0 Å². The van der Waals surface area contributed by atoms with E-state index in [0.717, 1.165) is 23.1 Å². The topological polar surface area (TPSA) is 75.3 Å². The average molecular weight is 409 g/mol. The van der Waals surface area contributed by atoms with E-state index in [2.05, 4.69) is 10.0 Å². The number of hydrogen-bond donors (Lipinski definition) is 2. The highest BCUT2D eigenvalue weighted by Crippen LogP contribution is 2.19. The lowest BCUT2D eigenvalue weighted by atomic mass is 10.0. The SMILES string of the molecule is CCc1ccc(S(=O)(=O)NCCNC(=O)c2ccc(-c3ccccc3)cc2)cc1. The van der Waals surface area contributed by atoms with Crippen molar-refractivity contribution in [2.45, 2.75) is 18.2 Å². The van der Waals surface area contributed by atoms with Gasteiger partial charge in [0.05, 0.1) is 4.90 Å². The van der Waals surface area contributed by atoms with E-state index in [9.17, 15) is 13.2 Å². The second-order valence-corrected chi connectivity index (χ2v) is 8.36. The number of carbonyl (C=O) groups is 1. The first kappa shape index (κ1) is 20.8. The molecule has 0 aliphatic heterocycles. The lowest BCUT2D eigenvalue weighted by Gasteiger charge is -2.09. The zero-order valence-corrected chi connectivity index (χ0v) is 17.1. The summed E-state index contributed by atoms with van der Waals surface area (Å²) in [4.78, 5) is 12.5.